The van der Waals surface area contributed by atoms with E-state index in [1.165, 1.54) is 11.8 Å². The molecule has 1 aromatic carbocycles. The Morgan fingerprint density at radius 2 is 1.90 bits per heavy atom. The Morgan fingerprint density at radius 1 is 1.30 bits per heavy atom. The number of carbonyl (C=O) groups excluding carboxylic acids is 1. The van der Waals surface area contributed by atoms with Crippen LogP contribution in [0.25, 0.3) is 0 Å². The maximum atomic E-state index is 12.3. The van der Waals surface area contributed by atoms with Gasteiger partial charge < -0.3 is 10.0 Å². The molecule has 0 radical (unpaired) electrons. The van der Waals surface area contributed by atoms with E-state index >= 15 is 0 Å². The molecule has 0 saturated carbocycles. The first-order chi connectivity index (χ1) is 9.62. The number of carbonyl (C=O) groups is 1. The van der Waals surface area contributed by atoms with Crippen LogP contribution in [0.3, 0.4) is 0 Å². The molecule has 0 aromatic heterocycles. The molecule has 0 unspecified atom stereocenters. The summed E-state index contributed by atoms with van der Waals surface area (Å²) in [6.45, 7) is 4.60. The smallest absolute Gasteiger partial charge is 0.233 e. The van der Waals surface area contributed by atoms with E-state index in [0.29, 0.717) is 12.3 Å². The van der Waals surface area contributed by atoms with E-state index in [2.05, 4.69) is 29.8 Å². The van der Waals surface area contributed by atoms with Crippen LogP contribution in [0.2, 0.25) is 0 Å². The van der Waals surface area contributed by atoms with Crippen molar-refractivity contribution in [3.8, 4) is 0 Å². The molecule has 112 valence electrons. The lowest BCUT2D eigenvalue weighted by atomic mass is 10.1. The van der Waals surface area contributed by atoms with E-state index in [0.717, 1.165) is 22.2 Å². The van der Waals surface area contributed by atoms with Gasteiger partial charge in [0.15, 0.2) is 0 Å². The molecule has 1 amide bonds. The fourth-order valence-electron chi connectivity index (χ4n) is 2.11. The van der Waals surface area contributed by atoms with E-state index in [1.54, 1.807) is 0 Å². The number of hydrogen-bond donors (Lipinski definition) is 1. The summed E-state index contributed by atoms with van der Waals surface area (Å²) in [5, 5.41) is 9.14. The molecule has 5 heteroatoms. The Kier molecular flexibility index (Phi) is 8.26. The lowest BCUT2D eigenvalue weighted by molar-refractivity contribution is -0.131. The monoisotopic (exact) mass is 359 g/mol. The molecule has 0 heterocycles. The van der Waals surface area contributed by atoms with Crippen molar-refractivity contribution in [2.75, 3.05) is 18.9 Å². The third-order valence-electron chi connectivity index (χ3n) is 3.22. The zero-order valence-electron chi connectivity index (χ0n) is 12.0. The van der Waals surface area contributed by atoms with Crippen LogP contribution in [0.1, 0.15) is 26.7 Å². The first-order valence-electron chi connectivity index (χ1n) is 6.91. The highest BCUT2D eigenvalue weighted by molar-refractivity contribution is 9.10. The fourth-order valence-corrected chi connectivity index (χ4v) is 3.16. The van der Waals surface area contributed by atoms with Crippen LogP contribution in [-0.2, 0) is 4.79 Å². The molecule has 0 spiro atoms. The number of halogens is 1. The van der Waals surface area contributed by atoms with Crippen LogP contribution in [0.4, 0.5) is 0 Å². The molecule has 0 aliphatic carbocycles. The van der Waals surface area contributed by atoms with Crippen LogP contribution < -0.4 is 0 Å². The van der Waals surface area contributed by atoms with Gasteiger partial charge in [0, 0.05) is 22.0 Å². The zero-order valence-corrected chi connectivity index (χ0v) is 14.4. The average Bonchev–Trinajstić information content (AvgIpc) is 2.46. The van der Waals surface area contributed by atoms with Crippen LogP contribution in [0, 0.1) is 0 Å². The third-order valence-corrected chi connectivity index (χ3v) is 4.75. The van der Waals surface area contributed by atoms with E-state index < -0.39 is 0 Å². The molecule has 0 fully saturated rings. The van der Waals surface area contributed by atoms with Crippen molar-refractivity contribution < 1.29 is 9.90 Å². The second kappa shape index (κ2) is 9.42. The first-order valence-corrected chi connectivity index (χ1v) is 8.68. The van der Waals surface area contributed by atoms with Gasteiger partial charge in [-0.1, -0.05) is 29.8 Å². The topological polar surface area (TPSA) is 40.5 Å². The molecule has 0 saturated heterocycles. The molecule has 1 aromatic rings. The summed E-state index contributed by atoms with van der Waals surface area (Å²) in [6.07, 6.45) is 1.84. The van der Waals surface area contributed by atoms with Gasteiger partial charge in [-0.25, -0.2) is 0 Å². The third kappa shape index (κ3) is 5.46. The van der Waals surface area contributed by atoms with Gasteiger partial charge in [-0.2, -0.15) is 0 Å². The molecule has 1 rings (SSSR count). The van der Waals surface area contributed by atoms with E-state index in [1.807, 2.05) is 29.2 Å². The fraction of sp³-hybridized carbons (Fsp3) is 0.533. The van der Waals surface area contributed by atoms with Gasteiger partial charge in [0.2, 0.25) is 5.91 Å². The summed E-state index contributed by atoms with van der Waals surface area (Å²) in [7, 11) is 0. The Hall–Kier alpha value is -0.520. The summed E-state index contributed by atoms with van der Waals surface area (Å²) in [4.78, 5) is 15.2. The van der Waals surface area contributed by atoms with Gasteiger partial charge in [-0.15, -0.1) is 11.8 Å². The van der Waals surface area contributed by atoms with E-state index in [4.69, 9.17) is 5.11 Å². The number of amides is 1. The van der Waals surface area contributed by atoms with Crippen molar-refractivity contribution in [2.45, 2.75) is 37.6 Å². The van der Waals surface area contributed by atoms with Crippen molar-refractivity contribution in [1.29, 1.82) is 0 Å². The minimum Gasteiger partial charge on any atom is -0.395 e. The standard InChI is InChI=1S/C15H22BrNO2S/c1-3-13(4-2)17(9-10-18)15(19)11-20-14-7-5-12(16)6-8-14/h5-8,13,18H,3-4,9-11H2,1-2H3. The van der Waals surface area contributed by atoms with E-state index in [9.17, 15) is 4.79 Å². The van der Waals surface area contributed by atoms with Crippen LogP contribution in [0.5, 0.6) is 0 Å². The van der Waals surface area contributed by atoms with Gasteiger partial charge in [-0.05, 0) is 37.1 Å². The molecule has 1 N–H and O–H groups in total. The summed E-state index contributed by atoms with van der Waals surface area (Å²) in [6, 6.07) is 8.16. The second-order valence-electron chi connectivity index (χ2n) is 4.52. The van der Waals surface area contributed by atoms with Gasteiger partial charge in [-0.3, -0.25) is 4.79 Å². The van der Waals surface area contributed by atoms with Crippen LogP contribution >= 0.6 is 27.7 Å². The summed E-state index contributed by atoms with van der Waals surface area (Å²) in [5.41, 5.74) is 0. The van der Waals surface area contributed by atoms with Gasteiger partial charge in [0.1, 0.15) is 0 Å². The molecular formula is C15H22BrNO2S. The molecule has 20 heavy (non-hydrogen) atoms. The summed E-state index contributed by atoms with van der Waals surface area (Å²) < 4.78 is 1.03. The Labute approximate surface area is 133 Å². The molecule has 0 aliphatic rings. The number of aliphatic hydroxyl groups excluding tert-OH is 1. The predicted octanol–water partition coefficient (Wildman–Crippen LogP) is 3.55. The quantitative estimate of drug-likeness (QED) is 0.721. The van der Waals surface area contributed by atoms with Crippen molar-refractivity contribution in [1.82, 2.24) is 4.90 Å². The first kappa shape index (κ1) is 17.5. The van der Waals surface area contributed by atoms with Gasteiger partial charge in [0.05, 0.1) is 12.4 Å². The highest BCUT2D eigenvalue weighted by Crippen LogP contribution is 2.21. The molecule has 0 atom stereocenters. The summed E-state index contributed by atoms with van der Waals surface area (Å²) in [5.74, 6) is 0.513. The maximum absolute atomic E-state index is 12.3. The van der Waals surface area contributed by atoms with Crippen LogP contribution in [-0.4, -0.2) is 40.9 Å². The Balaban J connectivity index is 2.59. The zero-order chi connectivity index (χ0) is 15.0. The Morgan fingerprint density at radius 3 is 2.40 bits per heavy atom. The van der Waals surface area contributed by atoms with Crippen molar-refractivity contribution in [3.63, 3.8) is 0 Å². The lowest BCUT2D eigenvalue weighted by Crippen LogP contribution is -2.42. The minimum atomic E-state index is 0.0190. The normalized spacial score (nSPS) is 10.8. The van der Waals surface area contributed by atoms with Crippen LogP contribution in [0.15, 0.2) is 33.6 Å². The molecular weight excluding hydrogens is 338 g/mol. The molecule has 0 bridgehead atoms. The average molecular weight is 360 g/mol. The maximum Gasteiger partial charge on any atom is 0.233 e. The summed E-state index contributed by atoms with van der Waals surface area (Å²) >= 11 is 4.93. The number of rotatable bonds is 8. The van der Waals surface area contributed by atoms with Crippen molar-refractivity contribution >= 4 is 33.6 Å². The lowest BCUT2D eigenvalue weighted by Gasteiger charge is -2.30. The predicted molar refractivity (Wildman–Crippen MR) is 88.0 cm³/mol. The second-order valence-corrected chi connectivity index (χ2v) is 6.49. The highest BCUT2D eigenvalue weighted by Gasteiger charge is 2.20. The van der Waals surface area contributed by atoms with Crippen molar-refractivity contribution in [2.24, 2.45) is 0 Å². The SMILES string of the molecule is CCC(CC)N(CCO)C(=O)CSc1ccc(Br)cc1. The minimum absolute atomic E-state index is 0.0190. The number of aliphatic hydroxyl groups is 1. The van der Waals surface area contributed by atoms with Crippen molar-refractivity contribution in [3.05, 3.63) is 28.7 Å². The number of hydrogen-bond acceptors (Lipinski definition) is 3. The number of benzene rings is 1. The molecule has 0 aliphatic heterocycles. The Bertz CT molecular complexity index is 407. The number of nitrogens with zero attached hydrogens (tertiary/aromatic N) is 1. The van der Waals surface area contributed by atoms with Gasteiger partial charge >= 0.3 is 0 Å². The van der Waals surface area contributed by atoms with Gasteiger partial charge in [0.25, 0.3) is 0 Å². The molecule has 3 nitrogen and oxygen atoms in total. The van der Waals surface area contributed by atoms with E-state index in [-0.39, 0.29) is 18.6 Å². The highest BCUT2D eigenvalue weighted by atomic mass is 79.9. The largest absolute Gasteiger partial charge is 0.395 e. The number of thioether (sulfide) groups is 1.